The van der Waals surface area contributed by atoms with Gasteiger partial charge in [0.2, 0.25) is 15.9 Å². The minimum Gasteiger partial charge on any atom is -0.383 e. The number of benzene rings is 1. The van der Waals surface area contributed by atoms with Gasteiger partial charge in [-0.2, -0.15) is 0 Å². The van der Waals surface area contributed by atoms with Crippen molar-refractivity contribution in [1.82, 2.24) is 5.32 Å². The first kappa shape index (κ1) is 17.5. The van der Waals surface area contributed by atoms with E-state index in [0.717, 1.165) is 16.1 Å². The van der Waals surface area contributed by atoms with Gasteiger partial charge in [-0.25, -0.2) is 8.42 Å². The van der Waals surface area contributed by atoms with Crippen LogP contribution in [0.15, 0.2) is 24.3 Å². The van der Waals surface area contributed by atoms with Crippen molar-refractivity contribution in [2.45, 2.75) is 19.9 Å². The average molecular weight is 314 g/mol. The topological polar surface area (TPSA) is 75.7 Å². The predicted molar refractivity (Wildman–Crippen MR) is 82.8 cm³/mol. The van der Waals surface area contributed by atoms with Crippen molar-refractivity contribution in [2.24, 2.45) is 0 Å². The minimum atomic E-state index is -3.56. The summed E-state index contributed by atoms with van der Waals surface area (Å²) in [7, 11) is -2.03. The third-order valence-corrected chi connectivity index (χ3v) is 4.22. The number of amides is 1. The molecule has 21 heavy (non-hydrogen) atoms. The van der Waals surface area contributed by atoms with Gasteiger partial charge in [0.15, 0.2) is 0 Å². The van der Waals surface area contributed by atoms with Gasteiger partial charge in [-0.15, -0.1) is 0 Å². The predicted octanol–water partition coefficient (Wildman–Crippen LogP) is 0.912. The van der Waals surface area contributed by atoms with Crippen molar-refractivity contribution in [3.8, 4) is 0 Å². The lowest BCUT2D eigenvalue weighted by Gasteiger charge is -2.28. The van der Waals surface area contributed by atoms with Crippen LogP contribution >= 0.6 is 0 Å². The number of carbonyl (C=O) groups excluding carboxylic acids is 1. The molecule has 7 heteroatoms. The highest BCUT2D eigenvalue weighted by Gasteiger charge is 2.28. The molecule has 0 radical (unpaired) electrons. The van der Waals surface area contributed by atoms with E-state index in [9.17, 15) is 13.2 Å². The van der Waals surface area contributed by atoms with Crippen LogP contribution in [0.4, 0.5) is 5.69 Å². The second-order valence-electron chi connectivity index (χ2n) is 4.85. The van der Waals surface area contributed by atoms with Gasteiger partial charge in [-0.1, -0.05) is 17.7 Å². The Morgan fingerprint density at radius 1 is 1.33 bits per heavy atom. The zero-order valence-electron chi connectivity index (χ0n) is 12.8. The number of rotatable bonds is 7. The van der Waals surface area contributed by atoms with Crippen molar-refractivity contribution in [1.29, 1.82) is 0 Å². The fraction of sp³-hybridized carbons (Fsp3) is 0.500. The molecule has 0 heterocycles. The van der Waals surface area contributed by atoms with E-state index in [1.54, 1.807) is 19.1 Å². The maximum atomic E-state index is 12.1. The first-order chi connectivity index (χ1) is 9.77. The standard InChI is InChI=1S/C14H22N2O4S/c1-11-5-7-13(8-6-11)16(21(4,18)19)12(2)14(17)15-9-10-20-3/h5-8,12H,9-10H2,1-4H3,(H,15,17)/t12-/m1/s1. The van der Waals surface area contributed by atoms with Crippen LogP contribution in [0.5, 0.6) is 0 Å². The molecule has 0 aliphatic carbocycles. The number of carbonyl (C=O) groups is 1. The van der Waals surface area contributed by atoms with Gasteiger partial charge in [0.25, 0.3) is 0 Å². The Balaban J connectivity index is 2.98. The van der Waals surface area contributed by atoms with Gasteiger partial charge >= 0.3 is 0 Å². The third kappa shape index (κ3) is 5.02. The lowest BCUT2D eigenvalue weighted by atomic mass is 10.2. The van der Waals surface area contributed by atoms with Gasteiger partial charge in [-0.3, -0.25) is 9.10 Å². The summed E-state index contributed by atoms with van der Waals surface area (Å²) < 4.78 is 30.0. The number of hydrogen-bond donors (Lipinski definition) is 1. The Kier molecular flexibility index (Phi) is 6.17. The number of ether oxygens (including phenoxy) is 1. The van der Waals surface area contributed by atoms with Crippen molar-refractivity contribution in [3.05, 3.63) is 29.8 Å². The highest BCUT2D eigenvalue weighted by Crippen LogP contribution is 2.21. The Bertz CT molecular complexity index is 569. The number of anilines is 1. The lowest BCUT2D eigenvalue weighted by molar-refractivity contribution is -0.122. The maximum absolute atomic E-state index is 12.1. The molecule has 1 aromatic carbocycles. The van der Waals surface area contributed by atoms with Crippen molar-refractivity contribution < 1.29 is 17.9 Å². The molecule has 1 amide bonds. The number of aryl methyl sites for hydroxylation is 1. The van der Waals surface area contributed by atoms with Crippen molar-refractivity contribution in [3.63, 3.8) is 0 Å². The fourth-order valence-electron chi connectivity index (χ4n) is 1.92. The third-order valence-electron chi connectivity index (χ3n) is 2.98. The molecule has 0 saturated heterocycles. The molecule has 0 saturated carbocycles. The van der Waals surface area contributed by atoms with E-state index in [1.165, 1.54) is 7.11 Å². The van der Waals surface area contributed by atoms with Gasteiger partial charge < -0.3 is 10.1 Å². The van der Waals surface area contributed by atoms with E-state index in [4.69, 9.17) is 4.74 Å². The first-order valence-electron chi connectivity index (χ1n) is 6.60. The Morgan fingerprint density at radius 2 is 1.90 bits per heavy atom. The number of nitrogens with one attached hydrogen (secondary N) is 1. The van der Waals surface area contributed by atoms with Gasteiger partial charge in [-0.05, 0) is 26.0 Å². The first-order valence-corrected chi connectivity index (χ1v) is 8.45. The van der Waals surface area contributed by atoms with Crippen molar-refractivity contribution in [2.75, 3.05) is 30.8 Å². The van der Waals surface area contributed by atoms with E-state index >= 15 is 0 Å². The normalized spacial score (nSPS) is 12.8. The van der Waals surface area contributed by atoms with Crippen LogP contribution in [0.3, 0.4) is 0 Å². The fourth-order valence-corrected chi connectivity index (χ4v) is 3.10. The highest BCUT2D eigenvalue weighted by molar-refractivity contribution is 7.92. The summed E-state index contributed by atoms with van der Waals surface area (Å²) in [6, 6.07) is 6.16. The molecule has 0 aliphatic heterocycles. The molecule has 0 aliphatic rings. The maximum Gasteiger partial charge on any atom is 0.243 e. The van der Waals surface area contributed by atoms with Crippen LogP contribution in [-0.4, -0.2) is 46.9 Å². The summed E-state index contributed by atoms with van der Waals surface area (Å²) >= 11 is 0. The largest absolute Gasteiger partial charge is 0.383 e. The lowest BCUT2D eigenvalue weighted by Crippen LogP contribution is -2.48. The molecule has 1 aromatic rings. The molecule has 1 atom stereocenters. The molecule has 0 bridgehead atoms. The summed E-state index contributed by atoms with van der Waals surface area (Å²) in [5.41, 5.74) is 1.49. The summed E-state index contributed by atoms with van der Waals surface area (Å²) in [5.74, 6) is -0.363. The zero-order chi connectivity index (χ0) is 16.0. The van der Waals surface area contributed by atoms with Crippen LogP contribution in [0.25, 0.3) is 0 Å². The van der Waals surface area contributed by atoms with Crippen LogP contribution < -0.4 is 9.62 Å². The summed E-state index contributed by atoms with van der Waals surface area (Å²) in [6.45, 7) is 4.19. The van der Waals surface area contributed by atoms with Crippen LogP contribution in [0, 0.1) is 6.92 Å². The smallest absolute Gasteiger partial charge is 0.243 e. The summed E-state index contributed by atoms with van der Waals surface area (Å²) in [4.78, 5) is 12.1. The molecule has 1 N–H and O–H groups in total. The van der Waals surface area contributed by atoms with E-state index in [2.05, 4.69) is 5.32 Å². The molecule has 118 valence electrons. The van der Waals surface area contributed by atoms with Gasteiger partial charge in [0, 0.05) is 13.7 Å². The van der Waals surface area contributed by atoms with Gasteiger partial charge in [0.1, 0.15) is 6.04 Å². The molecule has 0 unspecified atom stereocenters. The number of sulfonamides is 1. The zero-order valence-corrected chi connectivity index (χ0v) is 13.6. The summed E-state index contributed by atoms with van der Waals surface area (Å²) in [6.07, 6.45) is 1.09. The molecule has 1 rings (SSSR count). The second-order valence-corrected chi connectivity index (χ2v) is 6.71. The van der Waals surface area contributed by atoms with Crippen molar-refractivity contribution >= 4 is 21.6 Å². The highest BCUT2D eigenvalue weighted by atomic mass is 32.2. The monoisotopic (exact) mass is 314 g/mol. The van der Waals surface area contributed by atoms with E-state index in [1.807, 2.05) is 19.1 Å². The van der Waals surface area contributed by atoms with Crippen LogP contribution in [-0.2, 0) is 19.6 Å². The molecular weight excluding hydrogens is 292 g/mol. The molecule has 0 fully saturated rings. The molecule has 0 spiro atoms. The van der Waals surface area contributed by atoms with Gasteiger partial charge in [0.05, 0.1) is 18.6 Å². The Hall–Kier alpha value is -1.60. The molecule has 6 nitrogen and oxygen atoms in total. The van der Waals surface area contributed by atoms with Crippen LogP contribution in [0.2, 0.25) is 0 Å². The Labute approximate surface area is 126 Å². The average Bonchev–Trinajstić information content (AvgIpc) is 2.39. The number of methoxy groups -OCH3 is 1. The van der Waals surface area contributed by atoms with E-state index in [-0.39, 0.29) is 5.91 Å². The number of nitrogens with zero attached hydrogens (tertiary/aromatic N) is 1. The minimum absolute atomic E-state index is 0.338. The molecule has 0 aromatic heterocycles. The van der Waals surface area contributed by atoms with Crippen LogP contribution in [0.1, 0.15) is 12.5 Å². The quantitative estimate of drug-likeness (QED) is 0.759. The number of hydrogen-bond acceptors (Lipinski definition) is 4. The Morgan fingerprint density at radius 3 is 2.38 bits per heavy atom. The van der Waals surface area contributed by atoms with E-state index in [0.29, 0.717) is 18.8 Å². The molecular formula is C14H22N2O4S. The SMILES string of the molecule is COCCNC(=O)[C@@H](C)N(c1ccc(C)cc1)S(C)(=O)=O. The summed E-state index contributed by atoms with van der Waals surface area (Å²) in [5, 5.41) is 2.65. The van der Waals surface area contributed by atoms with E-state index < -0.39 is 16.1 Å². The second kappa shape index (κ2) is 7.42.